The molecule has 6 heteroatoms. The zero-order valence-electron chi connectivity index (χ0n) is 12.7. The molecule has 1 aromatic heterocycles. The number of aromatic nitrogens is 3. The Hall–Kier alpha value is -1.43. The van der Waals surface area contributed by atoms with Crippen LogP contribution in [0.2, 0.25) is 5.02 Å². The van der Waals surface area contributed by atoms with Crippen molar-refractivity contribution < 1.29 is 5.11 Å². The maximum absolute atomic E-state index is 9.37. The summed E-state index contributed by atoms with van der Waals surface area (Å²) in [4.78, 5) is 2.28. The molecule has 118 valence electrons. The Kier molecular flexibility index (Phi) is 4.76. The number of halogens is 1. The molecule has 2 heterocycles. The van der Waals surface area contributed by atoms with Crippen molar-refractivity contribution in [2.45, 2.75) is 38.9 Å². The van der Waals surface area contributed by atoms with E-state index in [2.05, 4.69) is 21.3 Å². The first-order valence-electron chi connectivity index (χ1n) is 7.64. The fourth-order valence-electron chi connectivity index (χ4n) is 3.00. The Bertz CT molecular complexity index is 643. The molecule has 1 unspecified atom stereocenters. The molecule has 22 heavy (non-hydrogen) atoms. The quantitative estimate of drug-likeness (QED) is 0.918. The Morgan fingerprint density at radius 1 is 1.36 bits per heavy atom. The second kappa shape index (κ2) is 6.77. The zero-order valence-corrected chi connectivity index (χ0v) is 13.5. The second-order valence-electron chi connectivity index (χ2n) is 5.94. The highest BCUT2D eigenvalue weighted by atomic mass is 35.5. The van der Waals surface area contributed by atoms with Crippen molar-refractivity contribution >= 4 is 11.6 Å². The number of likely N-dealkylation sites (tertiary alicyclic amines) is 1. The molecule has 3 rings (SSSR count). The van der Waals surface area contributed by atoms with Crippen LogP contribution in [-0.4, -0.2) is 44.2 Å². The standard InChI is InChI=1S/C16H21ClN4O/c1-12-7-13(4-5-16(12)17)8-21-10-14(18-19-21)9-20-6-2-3-15(20)11-22/h4-5,7,10,15,22H,2-3,6,8-9,11H2,1H3. The normalized spacial score (nSPS) is 19.0. The van der Waals surface area contributed by atoms with E-state index in [9.17, 15) is 5.11 Å². The van der Waals surface area contributed by atoms with Crippen LogP contribution < -0.4 is 0 Å². The minimum absolute atomic E-state index is 0.220. The van der Waals surface area contributed by atoms with Crippen molar-refractivity contribution in [3.8, 4) is 0 Å². The van der Waals surface area contributed by atoms with Gasteiger partial charge in [0.25, 0.3) is 0 Å². The summed E-state index contributed by atoms with van der Waals surface area (Å²) >= 11 is 6.05. The molecule has 0 saturated carbocycles. The number of hydrogen-bond acceptors (Lipinski definition) is 4. The number of rotatable bonds is 5. The fourth-order valence-corrected chi connectivity index (χ4v) is 3.12. The SMILES string of the molecule is Cc1cc(Cn2cc(CN3CCCC3CO)nn2)ccc1Cl. The number of nitrogens with zero attached hydrogens (tertiary/aromatic N) is 4. The van der Waals surface area contributed by atoms with E-state index in [4.69, 9.17) is 11.6 Å². The number of benzene rings is 1. The first-order chi connectivity index (χ1) is 10.7. The maximum Gasteiger partial charge on any atom is 0.0967 e. The lowest BCUT2D eigenvalue weighted by Crippen LogP contribution is -2.31. The molecular formula is C16H21ClN4O. The Morgan fingerprint density at radius 2 is 2.23 bits per heavy atom. The van der Waals surface area contributed by atoms with Crippen molar-refractivity contribution in [3.63, 3.8) is 0 Å². The van der Waals surface area contributed by atoms with Gasteiger partial charge in [0.05, 0.1) is 25.0 Å². The van der Waals surface area contributed by atoms with Gasteiger partial charge in [-0.2, -0.15) is 0 Å². The summed E-state index contributed by atoms with van der Waals surface area (Å²) in [5.74, 6) is 0. The highest BCUT2D eigenvalue weighted by Crippen LogP contribution is 2.19. The van der Waals surface area contributed by atoms with Crippen LogP contribution in [-0.2, 0) is 13.1 Å². The summed E-state index contributed by atoms with van der Waals surface area (Å²) in [5, 5.41) is 18.6. The Balaban J connectivity index is 1.64. The van der Waals surface area contributed by atoms with Gasteiger partial charge in [-0.3, -0.25) is 4.90 Å². The lowest BCUT2D eigenvalue weighted by atomic mass is 10.1. The molecular weight excluding hydrogens is 300 g/mol. The smallest absolute Gasteiger partial charge is 0.0967 e. The predicted molar refractivity (Wildman–Crippen MR) is 85.8 cm³/mol. The summed E-state index contributed by atoms with van der Waals surface area (Å²) in [7, 11) is 0. The van der Waals surface area contributed by atoms with Crippen LogP contribution in [0.15, 0.2) is 24.4 Å². The van der Waals surface area contributed by atoms with Gasteiger partial charge in [0.2, 0.25) is 0 Å². The van der Waals surface area contributed by atoms with E-state index in [1.165, 1.54) is 0 Å². The van der Waals surface area contributed by atoms with E-state index >= 15 is 0 Å². The molecule has 0 radical (unpaired) electrons. The van der Waals surface area contributed by atoms with E-state index in [0.717, 1.165) is 47.8 Å². The molecule has 1 fully saturated rings. The van der Waals surface area contributed by atoms with Gasteiger partial charge in [-0.15, -0.1) is 5.10 Å². The number of aliphatic hydroxyl groups is 1. The van der Waals surface area contributed by atoms with Gasteiger partial charge < -0.3 is 5.11 Å². The molecule has 5 nitrogen and oxygen atoms in total. The van der Waals surface area contributed by atoms with Gasteiger partial charge in [-0.05, 0) is 43.5 Å². The van der Waals surface area contributed by atoms with Gasteiger partial charge in [0.1, 0.15) is 0 Å². The third-order valence-electron chi connectivity index (χ3n) is 4.23. The second-order valence-corrected chi connectivity index (χ2v) is 6.35. The number of aryl methyl sites for hydroxylation is 1. The predicted octanol–water partition coefficient (Wildman–Crippen LogP) is 2.24. The van der Waals surface area contributed by atoms with Crippen LogP contribution in [0.25, 0.3) is 0 Å². The van der Waals surface area contributed by atoms with Gasteiger partial charge in [-0.1, -0.05) is 28.9 Å². The molecule has 0 bridgehead atoms. The van der Waals surface area contributed by atoms with E-state index < -0.39 is 0 Å². The number of aliphatic hydroxyl groups excluding tert-OH is 1. The molecule has 1 saturated heterocycles. The van der Waals surface area contributed by atoms with Crippen LogP contribution in [0.1, 0.15) is 29.7 Å². The monoisotopic (exact) mass is 320 g/mol. The average molecular weight is 321 g/mol. The number of hydrogen-bond donors (Lipinski definition) is 1. The lowest BCUT2D eigenvalue weighted by Gasteiger charge is -2.20. The van der Waals surface area contributed by atoms with Gasteiger partial charge in [0, 0.05) is 17.6 Å². The van der Waals surface area contributed by atoms with Crippen LogP contribution in [0.5, 0.6) is 0 Å². The van der Waals surface area contributed by atoms with Gasteiger partial charge >= 0.3 is 0 Å². The van der Waals surface area contributed by atoms with Crippen LogP contribution in [0.3, 0.4) is 0 Å². The molecule has 0 aliphatic carbocycles. The van der Waals surface area contributed by atoms with Crippen molar-refractivity contribution in [1.82, 2.24) is 19.9 Å². The largest absolute Gasteiger partial charge is 0.395 e. The summed E-state index contributed by atoms with van der Waals surface area (Å²) in [6.45, 7) is 4.69. The van der Waals surface area contributed by atoms with E-state index in [1.54, 1.807) is 0 Å². The molecule has 2 aromatic rings. The summed E-state index contributed by atoms with van der Waals surface area (Å²) in [5.41, 5.74) is 3.18. The third-order valence-corrected chi connectivity index (χ3v) is 4.65. The van der Waals surface area contributed by atoms with E-state index in [1.807, 2.05) is 29.9 Å². The molecule has 1 N–H and O–H groups in total. The van der Waals surface area contributed by atoms with Crippen LogP contribution >= 0.6 is 11.6 Å². The van der Waals surface area contributed by atoms with Crippen LogP contribution in [0.4, 0.5) is 0 Å². The minimum atomic E-state index is 0.220. The molecule has 1 aliphatic rings. The fraction of sp³-hybridized carbons (Fsp3) is 0.500. The zero-order chi connectivity index (χ0) is 15.5. The highest BCUT2D eigenvalue weighted by molar-refractivity contribution is 6.31. The minimum Gasteiger partial charge on any atom is -0.395 e. The summed E-state index contributed by atoms with van der Waals surface area (Å²) in [6, 6.07) is 6.27. The van der Waals surface area contributed by atoms with Gasteiger partial charge in [0.15, 0.2) is 0 Å². The first-order valence-corrected chi connectivity index (χ1v) is 8.02. The van der Waals surface area contributed by atoms with E-state index in [0.29, 0.717) is 6.54 Å². The lowest BCUT2D eigenvalue weighted by molar-refractivity contribution is 0.152. The van der Waals surface area contributed by atoms with E-state index in [-0.39, 0.29) is 12.6 Å². The Labute approximate surface area is 135 Å². The molecule has 0 amide bonds. The third kappa shape index (κ3) is 3.48. The van der Waals surface area contributed by atoms with Crippen molar-refractivity contribution in [2.24, 2.45) is 0 Å². The highest BCUT2D eigenvalue weighted by Gasteiger charge is 2.24. The first kappa shape index (κ1) is 15.5. The molecule has 1 aliphatic heterocycles. The molecule has 1 aromatic carbocycles. The van der Waals surface area contributed by atoms with Crippen molar-refractivity contribution in [3.05, 3.63) is 46.2 Å². The molecule has 1 atom stereocenters. The van der Waals surface area contributed by atoms with Gasteiger partial charge in [-0.25, -0.2) is 4.68 Å². The van der Waals surface area contributed by atoms with Crippen molar-refractivity contribution in [2.75, 3.05) is 13.2 Å². The summed E-state index contributed by atoms with van der Waals surface area (Å²) in [6.07, 6.45) is 4.19. The Morgan fingerprint density at radius 3 is 3.00 bits per heavy atom. The van der Waals surface area contributed by atoms with Crippen molar-refractivity contribution in [1.29, 1.82) is 0 Å². The topological polar surface area (TPSA) is 54.2 Å². The van der Waals surface area contributed by atoms with Crippen LogP contribution in [0, 0.1) is 6.92 Å². The average Bonchev–Trinajstić information content (AvgIpc) is 3.13. The summed E-state index contributed by atoms with van der Waals surface area (Å²) < 4.78 is 1.85. The molecule has 0 spiro atoms. The maximum atomic E-state index is 9.37.